The third kappa shape index (κ3) is 7.76. The van der Waals surface area contributed by atoms with Gasteiger partial charge in [0.25, 0.3) is 0 Å². The van der Waals surface area contributed by atoms with Gasteiger partial charge in [-0.15, -0.1) is 0 Å². The molecule has 0 saturated carbocycles. The van der Waals surface area contributed by atoms with Gasteiger partial charge in [-0.25, -0.2) is 4.79 Å². The Morgan fingerprint density at radius 3 is 1.70 bits per heavy atom. The van der Waals surface area contributed by atoms with Crippen LogP contribution in [0.25, 0.3) is 0 Å². The van der Waals surface area contributed by atoms with Crippen molar-refractivity contribution < 1.29 is 28.6 Å². The van der Waals surface area contributed by atoms with Crippen molar-refractivity contribution in [2.75, 3.05) is 0 Å². The molecular weight excluding hydrogens is 264 g/mol. The van der Waals surface area contributed by atoms with E-state index < -0.39 is 30.1 Å². The number of hydrogen-bond acceptors (Lipinski definition) is 6. The molecule has 0 aliphatic heterocycles. The second-order valence-electron chi connectivity index (χ2n) is 5.29. The van der Waals surface area contributed by atoms with Gasteiger partial charge in [0.2, 0.25) is 6.10 Å². The van der Waals surface area contributed by atoms with Crippen LogP contribution in [0, 0.1) is 5.92 Å². The predicted octanol–water partition coefficient (Wildman–Crippen LogP) is 1.85. The van der Waals surface area contributed by atoms with Crippen LogP contribution in [0.2, 0.25) is 0 Å². The third-order valence-electron chi connectivity index (χ3n) is 2.24. The fourth-order valence-corrected chi connectivity index (χ4v) is 1.67. The van der Waals surface area contributed by atoms with E-state index in [9.17, 15) is 14.4 Å². The average molecular weight is 288 g/mol. The van der Waals surface area contributed by atoms with E-state index in [-0.39, 0.29) is 12.0 Å². The second kappa shape index (κ2) is 8.55. The summed E-state index contributed by atoms with van der Waals surface area (Å²) in [6.45, 7) is 9.63. The van der Waals surface area contributed by atoms with E-state index >= 15 is 0 Å². The van der Waals surface area contributed by atoms with Crippen LogP contribution in [0.3, 0.4) is 0 Å². The Kier molecular flexibility index (Phi) is 7.87. The van der Waals surface area contributed by atoms with Crippen LogP contribution in [-0.4, -0.2) is 36.2 Å². The maximum absolute atomic E-state index is 12.0. The van der Waals surface area contributed by atoms with Gasteiger partial charge in [0.15, 0.2) is 0 Å². The highest BCUT2D eigenvalue weighted by atomic mass is 16.6. The molecule has 116 valence electrons. The van der Waals surface area contributed by atoms with Gasteiger partial charge in [0.1, 0.15) is 6.10 Å². The molecule has 2 atom stereocenters. The monoisotopic (exact) mass is 288 g/mol. The van der Waals surface area contributed by atoms with E-state index in [4.69, 9.17) is 14.2 Å². The van der Waals surface area contributed by atoms with E-state index in [0.717, 1.165) is 0 Å². The van der Waals surface area contributed by atoms with Gasteiger partial charge in [0, 0.05) is 13.8 Å². The van der Waals surface area contributed by atoms with Crippen molar-refractivity contribution in [3.8, 4) is 0 Å². The maximum atomic E-state index is 12.0. The number of carbonyl (C=O) groups excluding carboxylic acids is 3. The normalized spacial score (nSPS) is 13.8. The summed E-state index contributed by atoms with van der Waals surface area (Å²) < 4.78 is 15.1. The number of hydrogen-bond donors (Lipinski definition) is 0. The summed E-state index contributed by atoms with van der Waals surface area (Å²) in [5.74, 6) is -1.71. The molecule has 0 aliphatic carbocycles. The molecule has 0 radical (unpaired) electrons. The first-order valence-corrected chi connectivity index (χ1v) is 6.68. The van der Waals surface area contributed by atoms with Crippen molar-refractivity contribution in [1.82, 2.24) is 0 Å². The summed E-state index contributed by atoms with van der Waals surface area (Å²) in [6.07, 6.45) is -2.04. The molecule has 0 N–H and O–H groups in total. The van der Waals surface area contributed by atoms with Gasteiger partial charge >= 0.3 is 17.9 Å². The van der Waals surface area contributed by atoms with Crippen molar-refractivity contribution >= 4 is 17.9 Å². The first kappa shape index (κ1) is 18.4. The minimum Gasteiger partial charge on any atom is -0.460 e. The Morgan fingerprint density at radius 1 is 0.850 bits per heavy atom. The number of carbonyl (C=O) groups is 3. The van der Waals surface area contributed by atoms with Crippen LogP contribution >= 0.6 is 0 Å². The van der Waals surface area contributed by atoms with Gasteiger partial charge in [-0.3, -0.25) is 9.59 Å². The van der Waals surface area contributed by atoms with E-state index in [1.54, 1.807) is 13.8 Å². The quantitative estimate of drug-likeness (QED) is 0.525. The zero-order valence-electron chi connectivity index (χ0n) is 13.0. The first-order valence-electron chi connectivity index (χ1n) is 6.68. The van der Waals surface area contributed by atoms with Gasteiger partial charge in [-0.2, -0.15) is 0 Å². The van der Waals surface area contributed by atoms with E-state index in [1.807, 2.05) is 13.8 Å². The van der Waals surface area contributed by atoms with Crippen LogP contribution in [-0.2, 0) is 28.6 Å². The molecule has 20 heavy (non-hydrogen) atoms. The van der Waals surface area contributed by atoms with Gasteiger partial charge in [0.05, 0.1) is 6.10 Å². The molecule has 0 fully saturated rings. The largest absolute Gasteiger partial charge is 0.460 e. The van der Waals surface area contributed by atoms with Crippen LogP contribution in [0.4, 0.5) is 0 Å². The summed E-state index contributed by atoms with van der Waals surface area (Å²) >= 11 is 0. The van der Waals surface area contributed by atoms with E-state index in [1.165, 1.54) is 13.8 Å². The highest BCUT2D eigenvalue weighted by Crippen LogP contribution is 2.17. The predicted molar refractivity (Wildman–Crippen MR) is 71.8 cm³/mol. The van der Waals surface area contributed by atoms with Gasteiger partial charge in [-0.05, 0) is 26.2 Å². The Labute approximate surface area is 119 Å². The molecular formula is C14H24O6. The summed E-state index contributed by atoms with van der Waals surface area (Å²) in [7, 11) is 0. The van der Waals surface area contributed by atoms with Crippen molar-refractivity contribution in [2.45, 2.75) is 66.3 Å². The molecule has 0 heterocycles. The molecule has 0 aromatic carbocycles. The van der Waals surface area contributed by atoms with Gasteiger partial charge in [-0.1, -0.05) is 13.8 Å². The molecule has 0 rings (SSSR count). The van der Waals surface area contributed by atoms with Crippen LogP contribution in [0.1, 0.15) is 48.0 Å². The molecule has 0 unspecified atom stereocenters. The first-order chi connectivity index (χ1) is 9.13. The lowest BCUT2D eigenvalue weighted by Gasteiger charge is -2.26. The maximum Gasteiger partial charge on any atom is 0.351 e. The van der Waals surface area contributed by atoms with Crippen LogP contribution in [0.5, 0.6) is 0 Å². The smallest absolute Gasteiger partial charge is 0.351 e. The number of ether oxygens (including phenoxy) is 3. The summed E-state index contributed by atoms with van der Waals surface area (Å²) in [4.78, 5) is 34.3. The van der Waals surface area contributed by atoms with E-state index in [0.29, 0.717) is 6.42 Å². The Morgan fingerprint density at radius 2 is 1.35 bits per heavy atom. The average Bonchev–Trinajstić information content (AvgIpc) is 2.22. The zero-order valence-corrected chi connectivity index (χ0v) is 13.0. The molecule has 6 nitrogen and oxygen atoms in total. The molecule has 0 saturated heterocycles. The lowest BCUT2D eigenvalue weighted by Crippen LogP contribution is -2.43. The molecule has 0 aromatic rings. The topological polar surface area (TPSA) is 78.9 Å². The molecule has 0 aromatic heterocycles. The summed E-state index contributed by atoms with van der Waals surface area (Å²) in [6, 6.07) is 0. The minimum absolute atomic E-state index is 0.157. The lowest BCUT2D eigenvalue weighted by atomic mass is 10.0. The second-order valence-corrected chi connectivity index (χ2v) is 5.29. The molecule has 0 aliphatic rings. The zero-order chi connectivity index (χ0) is 15.9. The SMILES string of the molecule is CC(=O)O[C@H](CC(C)C)[C@@H](OC(C)=O)C(=O)OC(C)C. The standard InChI is InChI=1S/C14H24O6/c1-8(2)7-12(19-10(5)15)13(20-11(6)16)14(17)18-9(3)4/h8-9,12-13H,7H2,1-6H3/t12-,13-/m1/s1. The van der Waals surface area contributed by atoms with E-state index in [2.05, 4.69) is 0 Å². The highest BCUT2D eigenvalue weighted by Gasteiger charge is 2.36. The molecule has 0 bridgehead atoms. The van der Waals surface area contributed by atoms with Crippen molar-refractivity contribution in [3.05, 3.63) is 0 Å². The number of esters is 3. The Hall–Kier alpha value is -1.59. The lowest BCUT2D eigenvalue weighted by molar-refractivity contribution is -0.184. The van der Waals surface area contributed by atoms with Crippen molar-refractivity contribution in [1.29, 1.82) is 0 Å². The molecule has 6 heteroatoms. The third-order valence-corrected chi connectivity index (χ3v) is 2.24. The van der Waals surface area contributed by atoms with Crippen LogP contribution in [0.15, 0.2) is 0 Å². The molecule has 0 amide bonds. The van der Waals surface area contributed by atoms with Crippen molar-refractivity contribution in [3.63, 3.8) is 0 Å². The summed E-state index contributed by atoms with van der Waals surface area (Å²) in [5, 5.41) is 0. The number of rotatable bonds is 7. The minimum atomic E-state index is -1.24. The fraction of sp³-hybridized carbons (Fsp3) is 0.786. The van der Waals surface area contributed by atoms with Gasteiger partial charge < -0.3 is 14.2 Å². The Balaban J connectivity index is 5.11. The highest BCUT2D eigenvalue weighted by molar-refractivity contribution is 5.80. The Bertz CT molecular complexity index is 348. The van der Waals surface area contributed by atoms with Crippen LogP contribution < -0.4 is 0 Å². The molecule has 0 spiro atoms. The van der Waals surface area contributed by atoms with Crippen molar-refractivity contribution in [2.24, 2.45) is 5.92 Å². The fourth-order valence-electron chi connectivity index (χ4n) is 1.67. The summed E-state index contributed by atoms with van der Waals surface area (Å²) in [5.41, 5.74) is 0.